The first-order chi connectivity index (χ1) is 7.25. The molecule has 1 aromatic heterocycles. The van der Waals surface area contributed by atoms with Gasteiger partial charge in [0.2, 0.25) is 0 Å². The lowest BCUT2D eigenvalue weighted by atomic mass is 10.2. The Morgan fingerprint density at radius 3 is 3.06 bits per heavy atom. The minimum absolute atomic E-state index is 0. The molecule has 1 aromatic rings. The highest BCUT2D eigenvalue weighted by Gasteiger charge is 2.15. The van der Waals surface area contributed by atoms with Crippen LogP contribution in [0.5, 0.6) is 0 Å². The van der Waals surface area contributed by atoms with Crippen LogP contribution in [0.3, 0.4) is 0 Å². The maximum absolute atomic E-state index is 11.7. The molecule has 2 rings (SSSR count). The second-order valence-electron chi connectivity index (χ2n) is 3.64. The largest absolute Gasteiger partial charge is 0.350 e. The predicted molar refractivity (Wildman–Crippen MR) is 72.6 cm³/mol. The van der Waals surface area contributed by atoms with Gasteiger partial charge in [0, 0.05) is 18.0 Å². The highest BCUT2D eigenvalue weighted by atomic mass is 79.9. The Balaban J connectivity index is 0.00000128. The van der Waals surface area contributed by atoms with Gasteiger partial charge >= 0.3 is 0 Å². The maximum atomic E-state index is 11.7. The van der Waals surface area contributed by atoms with Crippen molar-refractivity contribution in [3.8, 4) is 0 Å². The molecule has 6 heteroatoms. The number of nitrogens with one attached hydrogen (secondary N) is 2. The fourth-order valence-electron chi connectivity index (χ4n) is 1.68. The standard InChI is InChI=1S/C10H13BrN2OS.ClH/c11-9-4-7(6-15-9)10(14)13-5-8-2-1-3-12-8;/h4,6,8,12H,1-3,5H2,(H,13,14);1H. The number of carbonyl (C=O) groups is 1. The molecule has 1 aliphatic rings. The lowest BCUT2D eigenvalue weighted by molar-refractivity contribution is 0.0951. The average molecular weight is 326 g/mol. The minimum Gasteiger partial charge on any atom is -0.350 e. The molecule has 1 unspecified atom stereocenters. The first-order valence-electron chi connectivity index (χ1n) is 5.01. The van der Waals surface area contributed by atoms with E-state index in [4.69, 9.17) is 0 Å². The van der Waals surface area contributed by atoms with Crippen LogP contribution >= 0.6 is 39.7 Å². The Morgan fingerprint density at radius 2 is 2.50 bits per heavy atom. The molecule has 3 nitrogen and oxygen atoms in total. The van der Waals surface area contributed by atoms with E-state index in [1.165, 1.54) is 17.8 Å². The molecule has 1 aliphatic heterocycles. The summed E-state index contributed by atoms with van der Waals surface area (Å²) >= 11 is 4.88. The van der Waals surface area contributed by atoms with Gasteiger partial charge in [-0.3, -0.25) is 4.79 Å². The van der Waals surface area contributed by atoms with Gasteiger partial charge in [0.25, 0.3) is 5.91 Å². The third-order valence-corrected chi connectivity index (χ3v) is 4.01. The van der Waals surface area contributed by atoms with E-state index in [1.54, 1.807) is 0 Å². The van der Waals surface area contributed by atoms with Crippen molar-refractivity contribution in [2.75, 3.05) is 13.1 Å². The molecule has 0 aliphatic carbocycles. The van der Waals surface area contributed by atoms with Crippen LogP contribution in [-0.2, 0) is 0 Å². The van der Waals surface area contributed by atoms with E-state index in [0.29, 0.717) is 6.04 Å². The molecule has 2 N–H and O–H groups in total. The summed E-state index contributed by atoms with van der Waals surface area (Å²) < 4.78 is 0.992. The van der Waals surface area contributed by atoms with E-state index in [9.17, 15) is 4.79 Å². The van der Waals surface area contributed by atoms with Gasteiger partial charge in [-0.05, 0) is 41.4 Å². The summed E-state index contributed by atoms with van der Waals surface area (Å²) in [6, 6.07) is 2.30. The van der Waals surface area contributed by atoms with E-state index in [0.717, 1.165) is 28.9 Å². The number of rotatable bonds is 3. The molecule has 0 saturated carbocycles. The molecular weight excluding hydrogens is 312 g/mol. The monoisotopic (exact) mass is 324 g/mol. The van der Waals surface area contributed by atoms with E-state index in [2.05, 4.69) is 26.6 Å². The van der Waals surface area contributed by atoms with Crippen LogP contribution < -0.4 is 10.6 Å². The number of halogens is 2. The van der Waals surface area contributed by atoms with Crippen molar-refractivity contribution in [2.45, 2.75) is 18.9 Å². The van der Waals surface area contributed by atoms with E-state index >= 15 is 0 Å². The molecule has 1 amide bonds. The summed E-state index contributed by atoms with van der Waals surface area (Å²) in [4.78, 5) is 11.7. The summed E-state index contributed by atoms with van der Waals surface area (Å²) in [5, 5.41) is 8.15. The molecule has 1 atom stereocenters. The third kappa shape index (κ3) is 3.73. The van der Waals surface area contributed by atoms with Gasteiger partial charge in [0.15, 0.2) is 0 Å². The van der Waals surface area contributed by atoms with Crippen molar-refractivity contribution in [3.63, 3.8) is 0 Å². The Kier molecular flexibility index (Phi) is 5.75. The quantitative estimate of drug-likeness (QED) is 0.896. The second-order valence-corrected chi connectivity index (χ2v) is 5.93. The predicted octanol–water partition coefficient (Wildman–Crippen LogP) is 2.41. The zero-order valence-electron chi connectivity index (χ0n) is 8.66. The SMILES string of the molecule is Cl.O=C(NCC1CCCN1)c1csc(Br)c1. The second kappa shape index (κ2) is 6.59. The molecule has 0 bridgehead atoms. The maximum Gasteiger partial charge on any atom is 0.252 e. The first kappa shape index (κ1) is 14.0. The third-order valence-electron chi connectivity index (χ3n) is 2.50. The fourth-order valence-corrected chi connectivity index (χ4v) is 2.81. The van der Waals surface area contributed by atoms with Gasteiger partial charge in [0.05, 0.1) is 9.35 Å². The van der Waals surface area contributed by atoms with Crippen LogP contribution in [0.25, 0.3) is 0 Å². The van der Waals surface area contributed by atoms with Crippen LogP contribution in [0.15, 0.2) is 15.2 Å². The Hall–Kier alpha value is -0.100. The van der Waals surface area contributed by atoms with Crippen molar-refractivity contribution in [2.24, 2.45) is 0 Å². The lowest BCUT2D eigenvalue weighted by Crippen LogP contribution is -2.36. The summed E-state index contributed by atoms with van der Waals surface area (Å²) in [7, 11) is 0. The topological polar surface area (TPSA) is 41.1 Å². The van der Waals surface area contributed by atoms with Crippen LogP contribution in [-0.4, -0.2) is 25.0 Å². The smallest absolute Gasteiger partial charge is 0.252 e. The van der Waals surface area contributed by atoms with Gasteiger partial charge in [-0.2, -0.15) is 0 Å². The lowest BCUT2D eigenvalue weighted by Gasteiger charge is -2.10. The van der Waals surface area contributed by atoms with Gasteiger partial charge in [0.1, 0.15) is 0 Å². The van der Waals surface area contributed by atoms with Gasteiger partial charge < -0.3 is 10.6 Å². The van der Waals surface area contributed by atoms with Crippen LogP contribution in [0.1, 0.15) is 23.2 Å². The molecule has 16 heavy (non-hydrogen) atoms. The molecule has 1 fully saturated rings. The van der Waals surface area contributed by atoms with Crippen molar-refractivity contribution < 1.29 is 4.79 Å². The summed E-state index contributed by atoms with van der Waals surface area (Å²) in [6.45, 7) is 1.80. The van der Waals surface area contributed by atoms with E-state index < -0.39 is 0 Å². The van der Waals surface area contributed by atoms with Gasteiger partial charge in [-0.15, -0.1) is 23.7 Å². The van der Waals surface area contributed by atoms with Gasteiger partial charge in [-0.25, -0.2) is 0 Å². The number of hydrogen-bond acceptors (Lipinski definition) is 3. The molecule has 90 valence electrons. The van der Waals surface area contributed by atoms with Crippen molar-refractivity contribution >= 4 is 45.6 Å². The number of amides is 1. The molecular formula is C10H14BrClN2OS. The van der Waals surface area contributed by atoms with Crippen molar-refractivity contribution in [3.05, 3.63) is 20.8 Å². The molecule has 0 radical (unpaired) electrons. The molecule has 0 spiro atoms. The highest BCUT2D eigenvalue weighted by Crippen LogP contribution is 2.20. The van der Waals surface area contributed by atoms with Crippen molar-refractivity contribution in [1.82, 2.24) is 10.6 Å². The summed E-state index contributed by atoms with van der Waals surface area (Å²) in [6.07, 6.45) is 2.37. The van der Waals surface area contributed by atoms with Crippen LogP contribution in [0.4, 0.5) is 0 Å². The highest BCUT2D eigenvalue weighted by molar-refractivity contribution is 9.11. The minimum atomic E-state index is 0. The molecule has 2 heterocycles. The van der Waals surface area contributed by atoms with Crippen LogP contribution in [0.2, 0.25) is 0 Å². The Bertz CT molecular complexity index is 352. The first-order valence-corrected chi connectivity index (χ1v) is 6.68. The average Bonchev–Trinajstić information content (AvgIpc) is 2.84. The van der Waals surface area contributed by atoms with Crippen LogP contribution in [0, 0.1) is 0 Å². The zero-order valence-corrected chi connectivity index (χ0v) is 11.9. The normalized spacial score (nSPS) is 19.2. The summed E-state index contributed by atoms with van der Waals surface area (Å²) in [5.41, 5.74) is 0.741. The number of thiophene rings is 1. The summed E-state index contributed by atoms with van der Waals surface area (Å²) in [5.74, 6) is 0.0191. The number of hydrogen-bond donors (Lipinski definition) is 2. The number of carbonyl (C=O) groups excluding carboxylic acids is 1. The van der Waals surface area contributed by atoms with Gasteiger partial charge in [-0.1, -0.05) is 0 Å². The zero-order chi connectivity index (χ0) is 10.7. The van der Waals surface area contributed by atoms with Crippen molar-refractivity contribution in [1.29, 1.82) is 0 Å². The Labute approximate surface area is 114 Å². The van der Waals surface area contributed by atoms with E-state index in [-0.39, 0.29) is 18.3 Å². The molecule has 0 aromatic carbocycles. The molecule has 1 saturated heterocycles. The fraction of sp³-hybridized carbons (Fsp3) is 0.500. The Morgan fingerprint density at radius 1 is 1.69 bits per heavy atom. The van der Waals surface area contributed by atoms with E-state index in [1.807, 2.05) is 11.4 Å².